The highest BCUT2D eigenvalue weighted by molar-refractivity contribution is 9.10. The highest BCUT2D eigenvalue weighted by Gasteiger charge is 2.37. The summed E-state index contributed by atoms with van der Waals surface area (Å²) >= 11 is 3.27. The quantitative estimate of drug-likeness (QED) is 0.871. The van der Waals surface area contributed by atoms with Crippen molar-refractivity contribution in [1.82, 2.24) is 0 Å². The molecular formula is C15H12BrFO4. The van der Waals surface area contributed by atoms with Crippen LogP contribution in [-0.2, 0) is 9.59 Å². The molecule has 0 fully saturated rings. The molecule has 0 saturated carbocycles. The van der Waals surface area contributed by atoms with Gasteiger partial charge in [0.05, 0.1) is 5.41 Å². The summed E-state index contributed by atoms with van der Waals surface area (Å²) in [7, 11) is 0. The van der Waals surface area contributed by atoms with Gasteiger partial charge in [-0.05, 0) is 48.8 Å². The van der Waals surface area contributed by atoms with E-state index in [0.717, 1.165) is 0 Å². The molecule has 0 aromatic heterocycles. The predicted molar refractivity (Wildman–Crippen MR) is 78.2 cm³/mol. The summed E-state index contributed by atoms with van der Waals surface area (Å²) in [5.74, 6) is -2.79. The normalized spacial score (nSPS) is 21.5. The molecule has 1 aromatic rings. The number of rotatable bonds is 3. The molecule has 6 heteroatoms. The Hall–Kier alpha value is -1.95. The van der Waals surface area contributed by atoms with Crippen LogP contribution in [0.3, 0.4) is 0 Å². The van der Waals surface area contributed by atoms with Gasteiger partial charge in [-0.1, -0.05) is 22.0 Å². The van der Waals surface area contributed by atoms with Gasteiger partial charge in [-0.15, -0.1) is 0 Å². The first-order valence-corrected chi connectivity index (χ1v) is 6.88. The lowest BCUT2D eigenvalue weighted by Gasteiger charge is -2.26. The van der Waals surface area contributed by atoms with Crippen molar-refractivity contribution in [2.75, 3.05) is 0 Å². The van der Waals surface area contributed by atoms with Gasteiger partial charge in [0.2, 0.25) is 0 Å². The second-order valence-electron chi connectivity index (χ2n) is 5.10. The summed E-state index contributed by atoms with van der Waals surface area (Å²) in [5.41, 5.74) is -0.576. The van der Waals surface area contributed by atoms with E-state index >= 15 is 0 Å². The largest absolute Gasteiger partial charge is 0.481 e. The van der Waals surface area contributed by atoms with Gasteiger partial charge >= 0.3 is 11.9 Å². The molecule has 1 atom stereocenters. The van der Waals surface area contributed by atoms with Crippen LogP contribution in [0.4, 0.5) is 4.39 Å². The fourth-order valence-electron chi connectivity index (χ4n) is 2.22. The van der Waals surface area contributed by atoms with E-state index in [4.69, 9.17) is 5.11 Å². The second kappa shape index (κ2) is 5.44. The van der Waals surface area contributed by atoms with Gasteiger partial charge in [-0.25, -0.2) is 9.18 Å². The van der Waals surface area contributed by atoms with Gasteiger partial charge in [0, 0.05) is 10.0 Å². The minimum atomic E-state index is -1.34. The number of carbonyl (C=O) groups is 2. The number of hydrogen-bond donors (Lipinski definition) is 2. The zero-order valence-electron chi connectivity index (χ0n) is 11.1. The van der Waals surface area contributed by atoms with E-state index in [1.54, 1.807) is 0 Å². The molecule has 1 aliphatic rings. The molecule has 0 bridgehead atoms. The van der Waals surface area contributed by atoms with Crippen LogP contribution in [-0.4, -0.2) is 22.2 Å². The zero-order chi connectivity index (χ0) is 15.8. The van der Waals surface area contributed by atoms with E-state index in [9.17, 15) is 19.1 Å². The fraction of sp³-hybridized carbons (Fsp3) is 0.200. The Balaban J connectivity index is 2.63. The highest BCUT2D eigenvalue weighted by atomic mass is 79.9. The number of allylic oxidation sites excluding steroid dienone is 2. The summed E-state index contributed by atoms with van der Waals surface area (Å²) in [4.78, 5) is 22.6. The van der Waals surface area contributed by atoms with Crippen LogP contribution in [0, 0.1) is 11.2 Å². The molecule has 21 heavy (non-hydrogen) atoms. The minimum Gasteiger partial charge on any atom is -0.481 e. The second-order valence-corrected chi connectivity index (χ2v) is 5.95. The first-order chi connectivity index (χ1) is 9.73. The first kappa shape index (κ1) is 15.4. The lowest BCUT2D eigenvalue weighted by atomic mass is 9.76. The van der Waals surface area contributed by atoms with Crippen molar-refractivity contribution in [3.05, 3.63) is 51.8 Å². The van der Waals surface area contributed by atoms with Crippen LogP contribution in [0.1, 0.15) is 18.9 Å². The average molecular weight is 355 g/mol. The van der Waals surface area contributed by atoms with Crippen LogP contribution < -0.4 is 0 Å². The molecule has 2 N–H and O–H groups in total. The van der Waals surface area contributed by atoms with Gasteiger partial charge in [-0.2, -0.15) is 0 Å². The third-order valence-corrected chi connectivity index (χ3v) is 4.06. The molecule has 2 rings (SSSR count). The van der Waals surface area contributed by atoms with E-state index in [2.05, 4.69) is 15.9 Å². The molecule has 0 heterocycles. The maximum atomic E-state index is 13.4. The first-order valence-electron chi connectivity index (χ1n) is 6.08. The van der Waals surface area contributed by atoms with E-state index in [1.807, 2.05) is 0 Å². The van der Waals surface area contributed by atoms with Crippen molar-refractivity contribution >= 4 is 33.4 Å². The fourth-order valence-corrected chi connectivity index (χ4v) is 2.69. The Kier molecular flexibility index (Phi) is 4.00. The van der Waals surface area contributed by atoms with Crippen LogP contribution in [0.5, 0.6) is 0 Å². The Morgan fingerprint density at radius 1 is 1.33 bits per heavy atom. The summed E-state index contributed by atoms with van der Waals surface area (Å²) in [6, 6.07) is 3.99. The molecule has 0 radical (unpaired) electrons. The maximum Gasteiger partial charge on any atom is 0.331 e. The van der Waals surface area contributed by atoms with Gasteiger partial charge < -0.3 is 10.2 Å². The lowest BCUT2D eigenvalue weighted by Crippen LogP contribution is -2.29. The molecule has 1 aliphatic carbocycles. The van der Waals surface area contributed by atoms with Crippen LogP contribution in [0.25, 0.3) is 5.57 Å². The number of benzene rings is 1. The highest BCUT2D eigenvalue weighted by Crippen LogP contribution is 2.39. The molecule has 0 amide bonds. The van der Waals surface area contributed by atoms with Crippen LogP contribution in [0.15, 0.2) is 40.4 Å². The van der Waals surface area contributed by atoms with E-state index in [-0.39, 0.29) is 12.0 Å². The SMILES string of the molecule is CC1(C(=O)O)C=C(c2cc(F)ccc2Br)C=C(C(=O)O)C1. The Morgan fingerprint density at radius 2 is 2.00 bits per heavy atom. The van der Waals surface area contributed by atoms with Gasteiger partial charge in [0.1, 0.15) is 5.82 Å². The predicted octanol–water partition coefficient (Wildman–Crippen LogP) is 3.48. The minimum absolute atomic E-state index is 0.0199. The summed E-state index contributed by atoms with van der Waals surface area (Å²) < 4.78 is 14.0. The summed E-state index contributed by atoms with van der Waals surface area (Å²) in [6.45, 7) is 1.44. The number of aliphatic carboxylic acids is 2. The standard InChI is InChI=1S/C15H12BrFO4/c1-15(14(20)21)6-8(4-9(7-15)13(18)19)11-5-10(17)2-3-12(11)16/h2-6H,7H2,1H3,(H,18,19)(H,20,21). The molecule has 0 spiro atoms. The lowest BCUT2D eigenvalue weighted by molar-refractivity contribution is -0.145. The van der Waals surface area contributed by atoms with Crippen molar-refractivity contribution in [3.63, 3.8) is 0 Å². The van der Waals surface area contributed by atoms with Crippen molar-refractivity contribution in [2.45, 2.75) is 13.3 Å². The number of hydrogen-bond acceptors (Lipinski definition) is 2. The third kappa shape index (κ3) is 3.05. The van der Waals surface area contributed by atoms with E-state index in [0.29, 0.717) is 15.6 Å². The molecule has 0 saturated heterocycles. The molecule has 0 aliphatic heterocycles. The molecule has 1 unspecified atom stereocenters. The molecule has 1 aromatic carbocycles. The Morgan fingerprint density at radius 3 is 2.57 bits per heavy atom. The van der Waals surface area contributed by atoms with Crippen molar-refractivity contribution in [2.24, 2.45) is 5.41 Å². The summed E-state index contributed by atoms with van der Waals surface area (Å²) in [5, 5.41) is 18.5. The molecule has 110 valence electrons. The number of carboxylic acids is 2. The monoisotopic (exact) mass is 354 g/mol. The van der Waals surface area contributed by atoms with Gasteiger partial charge in [-0.3, -0.25) is 4.79 Å². The Bertz CT molecular complexity index is 693. The summed E-state index contributed by atoms with van der Waals surface area (Å²) in [6.07, 6.45) is 2.72. The maximum absolute atomic E-state index is 13.4. The van der Waals surface area contributed by atoms with Crippen LogP contribution >= 0.6 is 15.9 Å². The zero-order valence-corrected chi connectivity index (χ0v) is 12.6. The average Bonchev–Trinajstić information content (AvgIpc) is 2.40. The van der Waals surface area contributed by atoms with Gasteiger partial charge in [0.15, 0.2) is 0 Å². The van der Waals surface area contributed by atoms with Gasteiger partial charge in [0.25, 0.3) is 0 Å². The molecule has 4 nitrogen and oxygen atoms in total. The van der Waals surface area contributed by atoms with E-state index < -0.39 is 23.2 Å². The number of carboxylic acid groups (broad SMARTS) is 2. The smallest absolute Gasteiger partial charge is 0.331 e. The number of halogens is 2. The van der Waals surface area contributed by atoms with E-state index in [1.165, 1.54) is 37.3 Å². The van der Waals surface area contributed by atoms with Crippen LogP contribution in [0.2, 0.25) is 0 Å². The van der Waals surface area contributed by atoms with Crippen molar-refractivity contribution in [3.8, 4) is 0 Å². The van der Waals surface area contributed by atoms with Crippen molar-refractivity contribution < 1.29 is 24.2 Å². The van der Waals surface area contributed by atoms with Crippen molar-refractivity contribution in [1.29, 1.82) is 0 Å². The Labute approximate surface area is 128 Å². The topological polar surface area (TPSA) is 74.6 Å². The third-order valence-electron chi connectivity index (χ3n) is 3.36. The molecular weight excluding hydrogens is 343 g/mol.